The first-order valence-electron chi connectivity index (χ1n) is 6.24. The topological polar surface area (TPSA) is 48.1 Å². The molecule has 108 valence electrons. The number of nitrogens with zero attached hydrogens (tertiary/aromatic N) is 1. The minimum Gasteiger partial charge on any atom is -0.383 e. The van der Waals surface area contributed by atoms with Gasteiger partial charge in [-0.1, -0.05) is 18.2 Å². The molecule has 0 amide bonds. The zero-order valence-corrected chi connectivity index (χ0v) is 10.8. The SMILES string of the molecule is Nc1nc2ccccc2cc1COCCCC(F)(F)F. The number of alkyl halides is 3. The molecule has 0 aliphatic rings. The van der Waals surface area contributed by atoms with Gasteiger partial charge in [0.05, 0.1) is 12.1 Å². The van der Waals surface area contributed by atoms with Crippen LogP contribution in [0.5, 0.6) is 0 Å². The van der Waals surface area contributed by atoms with Crippen LogP contribution >= 0.6 is 0 Å². The molecule has 2 rings (SSSR count). The summed E-state index contributed by atoms with van der Waals surface area (Å²) < 4.78 is 41.1. The van der Waals surface area contributed by atoms with E-state index in [2.05, 4.69) is 4.98 Å². The van der Waals surface area contributed by atoms with Crippen LogP contribution in [0.25, 0.3) is 10.9 Å². The maximum absolute atomic E-state index is 12.0. The van der Waals surface area contributed by atoms with E-state index in [1.54, 1.807) is 0 Å². The third-order valence-corrected chi connectivity index (χ3v) is 2.84. The molecule has 0 unspecified atom stereocenters. The molecule has 0 fully saturated rings. The summed E-state index contributed by atoms with van der Waals surface area (Å²) in [4.78, 5) is 4.23. The lowest BCUT2D eigenvalue weighted by atomic mass is 10.1. The first kappa shape index (κ1) is 14.6. The van der Waals surface area contributed by atoms with Crippen LogP contribution in [0.3, 0.4) is 0 Å². The van der Waals surface area contributed by atoms with E-state index in [0.717, 1.165) is 10.9 Å². The number of hydrogen-bond donors (Lipinski definition) is 1. The van der Waals surface area contributed by atoms with Gasteiger partial charge in [-0.15, -0.1) is 0 Å². The Morgan fingerprint density at radius 2 is 1.95 bits per heavy atom. The maximum Gasteiger partial charge on any atom is 0.389 e. The van der Waals surface area contributed by atoms with E-state index in [-0.39, 0.29) is 19.6 Å². The van der Waals surface area contributed by atoms with E-state index in [1.807, 2.05) is 30.3 Å². The van der Waals surface area contributed by atoms with Gasteiger partial charge in [-0.3, -0.25) is 0 Å². The average Bonchev–Trinajstić information content (AvgIpc) is 2.37. The Labute approximate surface area is 114 Å². The molecule has 0 saturated carbocycles. The lowest BCUT2D eigenvalue weighted by molar-refractivity contribution is -0.138. The van der Waals surface area contributed by atoms with Crippen molar-refractivity contribution in [2.24, 2.45) is 0 Å². The van der Waals surface area contributed by atoms with Crippen molar-refractivity contribution in [2.75, 3.05) is 12.3 Å². The van der Waals surface area contributed by atoms with E-state index in [1.165, 1.54) is 0 Å². The number of aromatic nitrogens is 1. The summed E-state index contributed by atoms with van der Waals surface area (Å²) in [5.74, 6) is 0.347. The minimum absolute atomic E-state index is 0.0474. The molecular formula is C14H15F3N2O. The lowest BCUT2D eigenvalue weighted by Crippen LogP contribution is -2.09. The molecule has 2 aromatic rings. The standard InChI is InChI=1S/C14H15F3N2O/c15-14(16,17)6-3-7-20-9-11-8-10-4-1-2-5-12(10)19-13(11)18/h1-2,4-5,8H,3,6-7,9H2,(H2,18,19). The Bertz CT molecular complexity index is 584. The summed E-state index contributed by atoms with van der Waals surface area (Å²) in [6.45, 7) is 0.216. The summed E-state index contributed by atoms with van der Waals surface area (Å²) >= 11 is 0. The third kappa shape index (κ3) is 4.09. The smallest absolute Gasteiger partial charge is 0.383 e. The zero-order valence-electron chi connectivity index (χ0n) is 10.8. The highest BCUT2D eigenvalue weighted by Gasteiger charge is 2.25. The van der Waals surface area contributed by atoms with Gasteiger partial charge in [0.25, 0.3) is 0 Å². The van der Waals surface area contributed by atoms with Gasteiger partial charge in [0.15, 0.2) is 0 Å². The van der Waals surface area contributed by atoms with Crippen molar-refractivity contribution >= 4 is 16.7 Å². The summed E-state index contributed by atoms with van der Waals surface area (Å²) in [6.07, 6.45) is -5.02. The van der Waals surface area contributed by atoms with Crippen molar-refractivity contribution in [3.8, 4) is 0 Å². The van der Waals surface area contributed by atoms with Gasteiger partial charge in [0, 0.05) is 24.0 Å². The van der Waals surface area contributed by atoms with Gasteiger partial charge in [-0.05, 0) is 18.6 Å². The van der Waals surface area contributed by atoms with Gasteiger partial charge < -0.3 is 10.5 Å². The first-order chi connectivity index (χ1) is 9.46. The number of nitrogens with two attached hydrogens (primary N) is 1. The quantitative estimate of drug-likeness (QED) is 0.852. The van der Waals surface area contributed by atoms with Crippen molar-refractivity contribution in [2.45, 2.75) is 25.6 Å². The molecule has 1 aromatic carbocycles. The summed E-state index contributed by atoms with van der Waals surface area (Å²) in [7, 11) is 0. The molecule has 0 saturated heterocycles. The fraction of sp³-hybridized carbons (Fsp3) is 0.357. The van der Waals surface area contributed by atoms with Crippen molar-refractivity contribution < 1.29 is 17.9 Å². The fourth-order valence-electron chi connectivity index (χ4n) is 1.85. The molecular weight excluding hydrogens is 269 g/mol. The van der Waals surface area contributed by atoms with E-state index < -0.39 is 12.6 Å². The van der Waals surface area contributed by atoms with E-state index in [0.29, 0.717) is 11.4 Å². The lowest BCUT2D eigenvalue weighted by Gasteiger charge is -2.09. The highest BCUT2D eigenvalue weighted by atomic mass is 19.4. The molecule has 1 heterocycles. The van der Waals surface area contributed by atoms with Crippen molar-refractivity contribution in [1.29, 1.82) is 0 Å². The number of nitrogen functional groups attached to an aromatic ring is 1. The predicted molar refractivity (Wildman–Crippen MR) is 71.1 cm³/mol. The number of ether oxygens (including phenoxy) is 1. The number of anilines is 1. The Morgan fingerprint density at radius 1 is 1.20 bits per heavy atom. The predicted octanol–water partition coefficient (Wildman–Crippen LogP) is 3.68. The van der Waals surface area contributed by atoms with Gasteiger partial charge in [-0.2, -0.15) is 13.2 Å². The second kappa shape index (κ2) is 6.09. The van der Waals surface area contributed by atoms with Crippen LogP contribution in [0.4, 0.5) is 19.0 Å². The number of halogens is 3. The molecule has 2 N–H and O–H groups in total. The van der Waals surface area contributed by atoms with Crippen molar-refractivity contribution in [1.82, 2.24) is 4.98 Å². The van der Waals surface area contributed by atoms with Crippen molar-refractivity contribution in [3.05, 3.63) is 35.9 Å². The molecule has 6 heteroatoms. The van der Waals surface area contributed by atoms with Crippen LogP contribution in [0.2, 0.25) is 0 Å². The van der Waals surface area contributed by atoms with Gasteiger partial charge >= 0.3 is 6.18 Å². The number of pyridine rings is 1. The highest BCUT2D eigenvalue weighted by molar-refractivity contribution is 5.81. The largest absolute Gasteiger partial charge is 0.389 e. The maximum atomic E-state index is 12.0. The Balaban J connectivity index is 1.91. The number of fused-ring (bicyclic) bond motifs is 1. The molecule has 20 heavy (non-hydrogen) atoms. The van der Waals surface area contributed by atoms with E-state index >= 15 is 0 Å². The van der Waals surface area contributed by atoms with Crippen LogP contribution in [0.1, 0.15) is 18.4 Å². The fourth-order valence-corrected chi connectivity index (χ4v) is 1.85. The molecule has 0 aliphatic heterocycles. The first-order valence-corrected chi connectivity index (χ1v) is 6.24. The third-order valence-electron chi connectivity index (χ3n) is 2.84. The average molecular weight is 284 g/mol. The normalized spacial score (nSPS) is 11.9. The molecule has 3 nitrogen and oxygen atoms in total. The van der Waals surface area contributed by atoms with Crippen molar-refractivity contribution in [3.63, 3.8) is 0 Å². The number of hydrogen-bond acceptors (Lipinski definition) is 3. The molecule has 0 aliphatic carbocycles. The van der Waals surface area contributed by atoms with Crippen LogP contribution < -0.4 is 5.73 Å². The zero-order chi connectivity index (χ0) is 14.6. The van der Waals surface area contributed by atoms with Crippen LogP contribution in [-0.2, 0) is 11.3 Å². The molecule has 1 aromatic heterocycles. The van der Waals surface area contributed by atoms with Crippen LogP contribution in [0.15, 0.2) is 30.3 Å². The molecule has 0 radical (unpaired) electrons. The monoisotopic (exact) mass is 284 g/mol. The molecule has 0 atom stereocenters. The molecule has 0 spiro atoms. The Kier molecular flexibility index (Phi) is 4.44. The van der Waals surface area contributed by atoms with E-state index in [9.17, 15) is 13.2 Å². The van der Waals surface area contributed by atoms with Gasteiger partial charge in [0.1, 0.15) is 5.82 Å². The minimum atomic E-state index is -4.13. The highest BCUT2D eigenvalue weighted by Crippen LogP contribution is 2.22. The molecule has 0 bridgehead atoms. The Morgan fingerprint density at radius 3 is 2.70 bits per heavy atom. The van der Waals surface area contributed by atoms with Gasteiger partial charge in [0.2, 0.25) is 0 Å². The number of rotatable bonds is 5. The van der Waals surface area contributed by atoms with E-state index in [4.69, 9.17) is 10.5 Å². The summed E-state index contributed by atoms with van der Waals surface area (Å²) in [6, 6.07) is 9.34. The Hall–Kier alpha value is -1.82. The summed E-state index contributed by atoms with van der Waals surface area (Å²) in [5, 5.41) is 0.926. The number of para-hydroxylation sites is 1. The second-order valence-electron chi connectivity index (χ2n) is 4.50. The van der Waals surface area contributed by atoms with Crippen LogP contribution in [0, 0.1) is 0 Å². The number of benzene rings is 1. The van der Waals surface area contributed by atoms with Gasteiger partial charge in [-0.25, -0.2) is 4.98 Å². The summed E-state index contributed by atoms with van der Waals surface area (Å²) in [5.41, 5.74) is 7.27. The van der Waals surface area contributed by atoms with Crippen LogP contribution in [-0.4, -0.2) is 17.8 Å². The second-order valence-corrected chi connectivity index (χ2v) is 4.50.